The zero-order chi connectivity index (χ0) is 82.8. The van der Waals surface area contributed by atoms with E-state index in [2.05, 4.69) is 16.0 Å². The van der Waals surface area contributed by atoms with Crippen LogP contribution in [0.15, 0.2) is 0 Å². The van der Waals surface area contributed by atoms with Crippen molar-refractivity contribution < 1.29 is 102 Å². The summed E-state index contributed by atoms with van der Waals surface area (Å²) in [5.74, 6) is -17.1. The van der Waals surface area contributed by atoms with Crippen LogP contribution in [0.25, 0.3) is 0 Å². The Labute approximate surface area is 653 Å². The van der Waals surface area contributed by atoms with Crippen LogP contribution in [0, 0.1) is 47.3 Å². The molecular formula is C78H122F8N12O14. The van der Waals surface area contributed by atoms with Gasteiger partial charge < -0.3 is 69.5 Å². The Balaban J connectivity index is 1.22. The smallest absolute Gasteiger partial charge is 0.378 e. The first-order valence-electron chi connectivity index (χ1n) is 40.6. The largest absolute Gasteiger partial charge is 0.397 e. The molecule has 112 heavy (non-hydrogen) atoms. The zero-order valence-electron chi connectivity index (χ0n) is 67.4. The van der Waals surface area contributed by atoms with E-state index in [0.717, 1.165) is 19.6 Å². The van der Waals surface area contributed by atoms with E-state index in [-0.39, 0.29) is 135 Å². The van der Waals surface area contributed by atoms with Gasteiger partial charge in [0.05, 0.1) is 44.7 Å². The number of halogens is 8. The minimum atomic E-state index is -5.22. The maximum absolute atomic E-state index is 15.9. The molecule has 8 rings (SSSR count). The van der Waals surface area contributed by atoms with Crippen LogP contribution in [0.2, 0.25) is 0 Å². The molecule has 4 heterocycles. The van der Waals surface area contributed by atoms with Crippen molar-refractivity contribution in [2.45, 2.75) is 274 Å². The summed E-state index contributed by atoms with van der Waals surface area (Å²) in [5, 5.41) is 8.54. The fourth-order valence-electron chi connectivity index (χ4n) is 18.5. The topological polar surface area (TPSA) is 289 Å². The lowest BCUT2D eigenvalue weighted by molar-refractivity contribution is -0.219. The highest BCUT2D eigenvalue weighted by atomic mass is 19.4. The summed E-state index contributed by atoms with van der Waals surface area (Å²) >= 11 is 0. The molecule has 26 nitrogen and oxygen atoms in total. The minimum Gasteiger partial charge on any atom is -0.378 e. The number of morpholine rings is 1. The number of amides is 12. The fourth-order valence-corrected chi connectivity index (χ4v) is 18.5. The second-order valence-electron chi connectivity index (χ2n) is 33.8. The van der Waals surface area contributed by atoms with Crippen LogP contribution >= 0.6 is 0 Å². The number of fused-ring (bicyclic) bond motifs is 3. The van der Waals surface area contributed by atoms with Crippen molar-refractivity contribution in [3.05, 3.63) is 0 Å². The summed E-state index contributed by atoms with van der Waals surface area (Å²) in [5.41, 5.74) is -1.73. The number of likely N-dealkylation sites (N-methyl/N-ethyl adjacent to an activating group) is 6. The third-order valence-corrected chi connectivity index (χ3v) is 25.5. The van der Waals surface area contributed by atoms with Gasteiger partial charge in [-0.1, -0.05) is 66.7 Å². The van der Waals surface area contributed by atoms with E-state index >= 15 is 51.9 Å². The third-order valence-electron chi connectivity index (χ3n) is 25.5. The maximum Gasteiger partial charge on any atom is 0.397 e. The second kappa shape index (κ2) is 39.1. The van der Waals surface area contributed by atoms with Crippen LogP contribution in [0.5, 0.6) is 0 Å². The summed E-state index contributed by atoms with van der Waals surface area (Å²) in [6.45, 7) is 9.34. The number of carbonyl (C=O) groups is 12. The van der Waals surface area contributed by atoms with E-state index in [0.29, 0.717) is 44.9 Å². The number of nitrogens with zero attached hydrogens (tertiary/aromatic N) is 9. The average Bonchev–Trinajstić information content (AvgIpc) is 1.50. The van der Waals surface area contributed by atoms with Crippen molar-refractivity contribution in [2.24, 2.45) is 47.3 Å². The van der Waals surface area contributed by atoms with Gasteiger partial charge in [-0.25, -0.2) is 8.78 Å². The first kappa shape index (κ1) is 90.5. The lowest BCUT2D eigenvalue weighted by Gasteiger charge is -2.42. The van der Waals surface area contributed by atoms with Crippen LogP contribution in [0.1, 0.15) is 189 Å². The number of carbonyl (C=O) groups excluding carboxylic acids is 12. The lowest BCUT2D eigenvalue weighted by atomic mass is 9.76. The molecule has 2 unspecified atom stereocenters. The number of alkyl halides is 8. The molecule has 4 aliphatic carbocycles. The molecule has 0 aromatic carbocycles. The van der Waals surface area contributed by atoms with Gasteiger partial charge in [0, 0.05) is 81.5 Å². The predicted octanol–water partition coefficient (Wildman–Crippen LogP) is 6.59. The van der Waals surface area contributed by atoms with Gasteiger partial charge >= 0.3 is 12.4 Å². The van der Waals surface area contributed by atoms with Crippen LogP contribution < -0.4 is 16.0 Å². The van der Waals surface area contributed by atoms with E-state index in [1.54, 1.807) is 20.8 Å². The zero-order valence-corrected chi connectivity index (χ0v) is 67.4. The quantitative estimate of drug-likeness (QED) is 0.164. The van der Waals surface area contributed by atoms with Crippen LogP contribution in [-0.2, 0) is 67.0 Å². The molecule has 1 spiro atoms. The van der Waals surface area contributed by atoms with Gasteiger partial charge in [-0.05, 0) is 145 Å². The van der Waals surface area contributed by atoms with Crippen LogP contribution in [-0.4, -0.2) is 301 Å². The Morgan fingerprint density at radius 1 is 0.607 bits per heavy atom. The summed E-state index contributed by atoms with van der Waals surface area (Å²) in [4.78, 5) is 194. The predicted molar refractivity (Wildman–Crippen MR) is 394 cm³/mol. The van der Waals surface area contributed by atoms with Crippen molar-refractivity contribution in [3.63, 3.8) is 0 Å². The first-order valence-corrected chi connectivity index (χ1v) is 40.6. The Morgan fingerprint density at radius 3 is 1.80 bits per heavy atom. The van der Waals surface area contributed by atoms with Crippen LogP contribution in [0.4, 0.5) is 35.1 Å². The molecule has 8 aliphatic rings. The average molecular weight is 1600 g/mol. The third kappa shape index (κ3) is 21.9. The highest BCUT2D eigenvalue weighted by Gasteiger charge is 2.56. The summed E-state index contributed by atoms with van der Waals surface area (Å²) in [6.07, 6.45) is -15.9. The molecule has 2 bridgehead atoms. The van der Waals surface area contributed by atoms with E-state index in [1.807, 2.05) is 20.8 Å². The van der Waals surface area contributed by atoms with Crippen molar-refractivity contribution >= 4 is 70.9 Å². The number of ether oxygens (including phenoxy) is 2. The molecule has 0 radical (unpaired) electrons. The Kier molecular flexibility index (Phi) is 31.6. The van der Waals surface area contributed by atoms with Gasteiger partial charge in [0.25, 0.3) is 0 Å². The fraction of sp³-hybridized carbons (Fsp3) is 0.846. The van der Waals surface area contributed by atoms with Crippen molar-refractivity contribution in [1.29, 1.82) is 0 Å². The van der Waals surface area contributed by atoms with E-state index in [1.165, 1.54) is 66.8 Å². The molecule has 13 atom stereocenters. The first-order chi connectivity index (χ1) is 52.6. The molecule has 3 N–H and O–H groups in total. The Hall–Kier alpha value is -7.00. The van der Waals surface area contributed by atoms with Crippen molar-refractivity contribution in [3.8, 4) is 0 Å². The van der Waals surface area contributed by atoms with Gasteiger partial charge in [0.2, 0.25) is 70.9 Å². The van der Waals surface area contributed by atoms with Gasteiger partial charge in [0.1, 0.15) is 72.1 Å². The SMILES string of the molecule is CCO[C@@H]1C[C@H]2C(=O)NC3(CCCC3)C(=O)N(C)[C@@H](C3CCCC3)C(=O)N(C)[C@H](C(=O)N3CCOCC3)CC(=O)N(C)[C@@H](CC(C)C)C(=O)N[C@@H]([C@@H](C)CC)C(=O)N(C)CC(=O)N(C)[C@H]3C[C@@H](C)CCN(C3=O)[C@@H](CC3CCC(C(F)(F)F)CC3)C(=O)N(C)CC(=O)N[C@@H](CCC3CC(F)C(C(F)(F)F)C(F)C3)C(=O)N2C1. The van der Waals surface area contributed by atoms with Gasteiger partial charge in [-0.3, -0.25) is 57.5 Å². The van der Waals surface area contributed by atoms with Crippen molar-refractivity contribution in [2.75, 3.05) is 101 Å². The molecule has 4 saturated heterocycles. The molecule has 0 aromatic rings. The summed E-state index contributed by atoms with van der Waals surface area (Å²) in [7, 11) is 8.13. The number of nitrogens with one attached hydrogen (secondary N) is 3. The normalized spacial score (nSPS) is 32.7. The van der Waals surface area contributed by atoms with Gasteiger partial charge in [0.15, 0.2) is 0 Å². The molecule has 4 saturated carbocycles. The minimum absolute atomic E-state index is 0.00403. The number of hydrogen-bond donors (Lipinski definition) is 3. The van der Waals surface area contributed by atoms with E-state index in [9.17, 15) is 40.7 Å². The van der Waals surface area contributed by atoms with E-state index < -0.39 is 230 Å². The second-order valence-corrected chi connectivity index (χ2v) is 33.8. The summed E-state index contributed by atoms with van der Waals surface area (Å²) in [6, 6.07) is -11.3. The van der Waals surface area contributed by atoms with Gasteiger partial charge in [-0.2, -0.15) is 26.3 Å². The molecule has 8 fully saturated rings. The Morgan fingerprint density at radius 2 is 1.22 bits per heavy atom. The molecule has 634 valence electrons. The number of hydrogen-bond acceptors (Lipinski definition) is 14. The maximum atomic E-state index is 15.9. The molecule has 4 aliphatic heterocycles. The summed E-state index contributed by atoms with van der Waals surface area (Å²) < 4.78 is 127. The molecule has 0 aromatic heterocycles. The Bertz CT molecular complexity index is 3300. The van der Waals surface area contributed by atoms with Gasteiger partial charge in [-0.15, -0.1) is 0 Å². The molecule has 12 amide bonds. The monoisotopic (exact) mass is 1600 g/mol. The molecule has 34 heteroatoms. The number of rotatable bonds is 13. The van der Waals surface area contributed by atoms with Crippen molar-refractivity contribution in [1.82, 2.24) is 60.0 Å². The van der Waals surface area contributed by atoms with Crippen LogP contribution in [0.3, 0.4) is 0 Å². The lowest BCUT2D eigenvalue weighted by Crippen LogP contribution is -2.65. The highest BCUT2D eigenvalue weighted by Crippen LogP contribution is 2.46. The van der Waals surface area contributed by atoms with E-state index in [4.69, 9.17) is 9.47 Å². The highest BCUT2D eigenvalue weighted by molar-refractivity contribution is 6.01. The molecular weight excluding hydrogens is 1480 g/mol. The standard InChI is InChI=1S/C78H122F8N12O14/c1-13-47(6)65-73(108)91(8)44-63(101)93(10)58-36-46(5)27-30-97(72(58)107)60(39-48-21-24-51(25-22-48)77(81,82)83)70(105)90(7)43-61(99)87-55(26-23-49-37-53(79)64(54(80)38-49)78(84,85)86)69(104)98-42-52(112-14-2)40-57(98)68(103)89-76(28-17-18-29-76)75(110)95(12)66(50-19-15-16-20-50)74(109)94(11)59(71(106)96-31-33-111-34-32-96)41-62(100)92(9)56(35-45(3)4)67(102)88-65/h45-60,64-66H,13-44H2,1-12H3,(H,87,99)(H,88,102)(H,89,103)/t46-,47-,48?,49?,51?,52+,53?,54?,55-,56-,57-,58-,59-,60-,64?,65-,66-/m0/s1.